The molecule has 1 aliphatic rings. The Hall–Kier alpha value is -0.290. The molecule has 0 aromatic heterocycles. The largest absolute Gasteiger partial charge is 0.411 e. The van der Waals surface area contributed by atoms with Gasteiger partial charge in [-0.2, -0.15) is 13.2 Å². The lowest BCUT2D eigenvalue weighted by atomic mass is 9.76. The van der Waals surface area contributed by atoms with Crippen LogP contribution in [0.3, 0.4) is 0 Å². The third-order valence-corrected chi connectivity index (χ3v) is 3.04. The molecule has 2 nitrogen and oxygen atoms in total. The highest BCUT2D eigenvalue weighted by molar-refractivity contribution is 4.81. The van der Waals surface area contributed by atoms with Crippen LogP contribution in [0.2, 0.25) is 0 Å². The summed E-state index contributed by atoms with van der Waals surface area (Å²) >= 11 is 0. The summed E-state index contributed by atoms with van der Waals surface area (Å²) in [6.45, 7) is 6.01. The van der Waals surface area contributed by atoms with Crippen LogP contribution in [0.25, 0.3) is 0 Å². The highest BCUT2D eigenvalue weighted by atomic mass is 19.4. The molecule has 1 rings (SSSR count). The Labute approximate surface area is 94.5 Å². The van der Waals surface area contributed by atoms with E-state index in [9.17, 15) is 13.2 Å². The van der Waals surface area contributed by atoms with Crippen LogP contribution in [0, 0.1) is 11.3 Å². The van der Waals surface area contributed by atoms with Crippen molar-refractivity contribution in [2.45, 2.75) is 46.0 Å². The first kappa shape index (κ1) is 13.8. The van der Waals surface area contributed by atoms with Gasteiger partial charge in [-0.25, -0.2) is 0 Å². The summed E-state index contributed by atoms with van der Waals surface area (Å²) < 4.78 is 40.5. The van der Waals surface area contributed by atoms with E-state index >= 15 is 0 Å². The van der Waals surface area contributed by atoms with Gasteiger partial charge in [0.2, 0.25) is 0 Å². The molecule has 1 saturated heterocycles. The lowest BCUT2D eigenvalue weighted by Gasteiger charge is -2.37. The van der Waals surface area contributed by atoms with E-state index in [1.165, 1.54) is 0 Å². The third-order valence-electron chi connectivity index (χ3n) is 3.04. The Balaban J connectivity index is 2.28. The van der Waals surface area contributed by atoms with Crippen molar-refractivity contribution in [1.29, 1.82) is 0 Å². The zero-order chi connectivity index (χ0) is 12.4. The topological polar surface area (TPSA) is 21.3 Å². The molecule has 2 atom stereocenters. The van der Waals surface area contributed by atoms with Gasteiger partial charge in [-0.3, -0.25) is 5.32 Å². The van der Waals surface area contributed by atoms with E-state index < -0.39 is 19.0 Å². The molecular formula is C11H20F3NO. The summed E-state index contributed by atoms with van der Waals surface area (Å²) in [4.78, 5) is 0. The predicted octanol–water partition coefficient (Wildman–Crippen LogP) is 2.94. The molecular weight excluding hydrogens is 219 g/mol. The number of ether oxygens (including phenoxy) is 1. The summed E-state index contributed by atoms with van der Waals surface area (Å²) in [6, 6.07) is 0. The van der Waals surface area contributed by atoms with E-state index in [0.29, 0.717) is 12.3 Å². The molecule has 0 spiro atoms. The number of piperidine rings is 1. The van der Waals surface area contributed by atoms with Crippen LogP contribution in [0.15, 0.2) is 0 Å². The first-order valence-corrected chi connectivity index (χ1v) is 5.60. The molecule has 1 heterocycles. The second kappa shape index (κ2) is 4.92. The molecule has 2 unspecified atom stereocenters. The van der Waals surface area contributed by atoms with Crippen molar-refractivity contribution in [3.8, 4) is 0 Å². The maximum atomic E-state index is 11.9. The predicted molar refractivity (Wildman–Crippen MR) is 56.0 cm³/mol. The van der Waals surface area contributed by atoms with Crippen LogP contribution >= 0.6 is 0 Å². The Morgan fingerprint density at radius 2 is 1.81 bits per heavy atom. The fraction of sp³-hybridized carbons (Fsp3) is 1.00. The summed E-state index contributed by atoms with van der Waals surface area (Å²) in [7, 11) is 0. The Morgan fingerprint density at radius 1 is 1.19 bits per heavy atom. The average Bonchev–Trinajstić information content (AvgIpc) is 2.13. The van der Waals surface area contributed by atoms with Crippen molar-refractivity contribution >= 4 is 0 Å². The van der Waals surface area contributed by atoms with Crippen molar-refractivity contribution < 1.29 is 17.9 Å². The van der Waals surface area contributed by atoms with Crippen molar-refractivity contribution in [1.82, 2.24) is 5.32 Å². The van der Waals surface area contributed by atoms with Crippen LogP contribution in [0.5, 0.6) is 0 Å². The number of nitrogens with one attached hydrogen (secondary N) is 1. The molecule has 5 heteroatoms. The van der Waals surface area contributed by atoms with Gasteiger partial charge in [0.1, 0.15) is 12.8 Å². The fourth-order valence-electron chi connectivity index (χ4n) is 1.91. The molecule has 0 aliphatic carbocycles. The summed E-state index contributed by atoms with van der Waals surface area (Å²) in [5, 5.41) is 3.03. The van der Waals surface area contributed by atoms with Crippen LogP contribution in [-0.4, -0.2) is 25.6 Å². The molecule has 0 bridgehead atoms. The van der Waals surface area contributed by atoms with Crippen molar-refractivity contribution in [3.63, 3.8) is 0 Å². The maximum Gasteiger partial charge on any atom is 0.411 e. The molecule has 0 radical (unpaired) electrons. The molecule has 1 N–H and O–H groups in total. The summed E-state index contributed by atoms with van der Waals surface area (Å²) in [5.41, 5.74) is 0.196. The van der Waals surface area contributed by atoms with E-state index in [1.807, 2.05) is 0 Å². The second-order valence-corrected chi connectivity index (χ2v) is 5.46. The number of alkyl halides is 3. The Bertz CT molecular complexity index is 214. The Morgan fingerprint density at radius 3 is 2.19 bits per heavy atom. The lowest BCUT2D eigenvalue weighted by Crippen LogP contribution is -2.45. The first-order chi connectivity index (χ1) is 7.18. The van der Waals surface area contributed by atoms with Gasteiger partial charge in [0.15, 0.2) is 0 Å². The van der Waals surface area contributed by atoms with Gasteiger partial charge < -0.3 is 4.74 Å². The second-order valence-electron chi connectivity index (χ2n) is 5.46. The van der Waals surface area contributed by atoms with Crippen molar-refractivity contribution in [2.24, 2.45) is 11.3 Å². The maximum absolute atomic E-state index is 11.9. The molecule has 0 aromatic rings. The molecule has 0 saturated carbocycles. The molecule has 1 fully saturated rings. The molecule has 0 aromatic carbocycles. The molecule has 1 aliphatic heterocycles. The molecule has 16 heavy (non-hydrogen) atoms. The SMILES string of the molecule is CC(C)(C)C1CCC(OCC(F)(F)F)NC1. The van der Waals surface area contributed by atoms with Crippen LogP contribution in [0.4, 0.5) is 13.2 Å². The first-order valence-electron chi connectivity index (χ1n) is 5.60. The van der Waals surface area contributed by atoms with Crippen molar-refractivity contribution in [2.75, 3.05) is 13.2 Å². The standard InChI is InChI=1S/C11H20F3NO/c1-10(2,3)8-4-5-9(15-6-8)16-7-11(12,13)14/h8-9,15H,4-7H2,1-3H3. The average molecular weight is 239 g/mol. The van der Waals surface area contributed by atoms with Gasteiger partial charge >= 0.3 is 6.18 Å². The molecule has 96 valence electrons. The number of halogens is 3. The monoisotopic (exact) mass is 239 g/mol. The van der Waals surface area contributed by atoms with E-state index in [2.05, 4.69) is 26.1 Å². The van der Waals surface area contributed by atoms with Gasteiger partial charge in [0.25, 0.3) is 0 Å². The lowest BCUT2D eigenvalue weighted by molar-refractivity contribution is -0.192. The number of hydrogen-bond acceptors (Lipinski definition) is 2. The minimum atomic E-state index is -4.23. The van der Waals surface area contributed by atoms with Crippen molar-refractivity contribution in [3.05, 3.63) is 0 Å². The summed E-state index contributed by atoms with van der Waals surface area (Å²) in [5.74, 6) is 0.498. The minimum Gasteiger partial charge on any atom is -0.354 e. The van der Waals surface area contributed by atoms with Gasteiger partial charge in [-0.05, 0) is 24.2 Å². The zero-order valence-corrected chi connectivity index (χ0v) is 10.0. The van der Waals surface area contributed by atoms with Crippen LogP contribution < -0.4 is 5.32 Å². The zero-order valence-electron chi connectivity index (χ0n) is 10.0. The number of hydrogen-bond donors (Lipinski definition) is 1. The highest BCUT2D eigenvalue weighted by Gasteiger charge is 2.33. The highest BCUT2D eigenvalue weighted by Crippen LogP contribution is 2.32. The van der Waals surface area contributed by atoms with Gasteiger partial charge in [-0.1, -0.05) is 20.8 Å². The number of rotatable bonds is 2. The van der Waals surface area contributed by atoms with Crippen LogP contribution in [-0.2, 0) is 4.74 Å². The van der Waals surface area contributed by atoms with E-state index in [0.717, 1.165) is 13.0 Å². The minimum absolute atomic E-state index is 0.196. The van der Waals surface area contributed by atoms with E-state index in [1.54, 1.807) is 0 Å². The van der Waals surface area contributed by atoms with Gasteiger partial charge in [0, 0.05) is 6.54 Å². The van der Waals surface area contributed by atoms with E-state index in [4.69, 9.17) is 4.74 Å². The third kappa shape index (κ3) is 4.70. The van der Waals surface area contributed by atoms with Crippen LogP contribution in [0.1, 0.15) is 33.6 Å². The quantitative estimate of drug-likeness (QED) is 0.800. The Kier molecular flexibility index (Phi) is 4.23. The van der Waals surface area contributed by atoms with E-state index in [-0.39, 0.29) is 5.41 Å². The van der Waals surface area contributed by atoms with Gasteiger partial charge in [0.05, 0.1) is 0 Å². The summed E-state index contributed by atoms with van der Waals surface area (Å²) in [6.07, 6.45) is -3.11. The normalized spacial score (nSPS) is 28.1. The molecule has 0 amide bonds. The van der Waals surface area contributed by atoms with Gasteiger partial charge in [-0.15, -0.1) is 0 Å². The smallest absolute Gasteiger partial charge is 0.354 e. The fourth-order valence-corrected chi connectivity index (χ4v) is 1.91.